The van der Waals surface area contributed by atoms with Gasteiger partial charge in [0.2, 0.25) is 0 Å². The van der Waals surface area contributed by atoms with E-state index in [4.69, 9.17) is 0 Å². The zero-order valence-corrected chi connectivity index (χ0v) is 13.0. The Morgan fingerprint density at radius 1 is 1.10 bits per heavy atom. The molecule has 20 heavy (non-hydrogen) atoms. The highest BCUT2D eigenvalue weighted by atomic mass is 32.1. The van der Waals surface area contributed by atoms with Crippen molar-refractivity contribution in [1.82, 2.24) is 10.2 Å². The second-order valence-electron chi connectivity index (χ2n) is 5.55. The lowest BCUT2D eigenvalue weighted by atomic mass is 9.98. The molecule has 1 N–H and O–H groups in total. The molecule has 1 saturated heterocycles. The fourth-order valence-electron chi connectivity index (χ4n) is 2.88. The molecule has 0 radical (unpaired) electrons. The van der Waals surface area contributed by atoms with Gasteiger partial charge in [-0.2, -0.15) is 0 Å². The number of aryl methyl sites for hydroxylation is 2. The fraction of sp³-hybridized carbons (Fsp3) is 0.412. The molecule has 1 aliphatic rings. The summed E-state index contributed by atoms with van der Waals surface area (Å²) in [6.07, 6.45) is 0. The zero-order valence-electron chi connectivity index (χ0n) is 12.2. The summed E-state index contributed by atoms with van der Waals surface area (Å²) in [6, 6.07) is 11.8. The van der Waals surface area contributed by atoms with Crippen molar-refractivity contribution >= 4 is 11.3 Å². The first-order chi connectivity index (χ1) is 9.75. The van der Waals surface area contributed by atoms with Gasteiger partial charge in [-0.3, -0.25) is 4.90 Å². The predicted molar refractivity (Wildman–Crippen MR) is 86.5 cm³/mol. The van der Waals surface area contributed by atoms with Gasteiger partial charge in [0.05, 0.1) is 6.04 Å². The number of piperazine rings is 1. The maximum Gasteiger partial charge on any atom is 0.0697 e. The average Bonchev–Trinajstić information content (AvgIpc) is 2.98. The van der Waals surface area contributed by atoms with Gasteiger partial charge in [-0.15, -0.1) is 11.3 Å². The molecule has 0 unspecified atom stereocenters. The van der Waals surface area contributed by atoms with Gasteiger partial charge in [0.25, 0.3) is 0 Å². The SMILES string of the molecule is Cc1ccc([C@@H](c2cccs2)N2CCNCC2)cc1C. The Hall–Kier alpha value is -1.16. The van der Waals surface area contributed by atoms with E-state index in [2.05, 4.69) is 59.8 Å². The van der Waals surface area contributed by atoms with Crippen LogP contribution >= 0.6 is 11.3 Å². The van der Waals surface area contributed by atoms with Crippen molar-refractivity contribution < 1.29 is 0 Å². The van der Waals surface area contributed by atoms with Gasteiger partial charge in [-0.05, 0) is 42.0 Å². The normalized spacial score (nSPS) is 18.1. The van der Waals surface area contributed by atoms with Crippen molar-refractivity contribution in [3.05, 3.63) is 57.3 Å². The number of hydrogen-bond acceptors (Lipinski definition) is 3. The van der Waals surface area contributed by atoms with E-state index in [1.165, 1.54) is 21.6 Å². The second kappa shape index (κ2) is 6.08. The Kier molecular flexibility index (Phi) is 4.20. The smallest absolute Gasteiger partial charge is 0.0697 e. The van der Waals surface area contributed by atoms with Crippen LogP contribution < -0.4 is 5.32 Å². The molecule has 106 valence electrons. The van der Waals surface area contributed by atoms with E-state index in [0.29, 0.717) is 6.04 Å². The molecule has 0 amide bonds. The van der Waals surface area contributed by atoms with Crippen molar-refractivity contribution in [2.24, 2.45) is 0 Å². The van der Waals surface area contributed by atoms with Crippen LogP contribution in [0, 0.1) is 13.8 Å². The standard InChI is InChI=1S/C17H22N2S/c1-13-5-6-15(12-14(13)2)17(16-4-3-11-20-16)19-9-7-18-8-10-19/h3-6,11-12,17-18H,7-10H2,1-2H3/t17-/m0/s1. The molecule has 1 aromatic carbocycles. The van der Waals surface area contributed by atoms with E-state index >= 15 is 0 Å². The molecular formula is C17H22N2S. The van der Waals surface area contributed by atoms with Crippen molar-refractivity contribution in [3.8, 4) is 0 Å². The van der Waals surface area contributed by atoms with Crippen LogP contribution in [0.2, 0.25) is 0 Å². The predicted octanol–water partition coefficient (Wildman–Crippen LogP) is 3.36. The topological polar surface area (TPSA) is 15.3 Å². The van der Waals surface area contributed by atoms with Crippen molar-refractivity contribution in [2.45, 2.75) is 19.9 Å². The number of benzene rings is 1. The summed E-state index contributed by atoms with van der Waals surface area (Å²) in [4.78, 5) is 4.06. The molecular weight excluding hydrogens is 264 g/mol. The van der Waals surface area contributed by atoms with E-state index in [9.17, 15) is 0 Å². The van der Waals surface area contributed by atoms with Crippen molar-refractivity contribution in [1.29, 1.82) is 0 Å². The Bertz CT molecular complexity index is 556. The monoisotopic (exact) mass is 286 g/mol. The van der Waals surface area contributed by atoms with Crippen LogP contribution in [0.4, 0.5) is 0 Å². The van der Waals surface area contributed by atoms with Crippen LogP contribution in [0.3, 0.4) is 0 Å². The molecule has 0 saturated carbocycles. The van der Waals surface area contributed by atoms with Crippen molar-refractivity contribution in [3.63, 3.8) is 0 Å². The van der Waals surface area contributed by atoms with Gasteiger partial charge in [0, 0.05) is 31.1 Å². The van der Waals surface area contributed by atoms with Crippen LogP contribution in [-0.4, -0.2) is 31.1 Å². The molecule has 2 nitrogen and oxygen atoms in total. The van der Waals surface area contributed by atoms with Gasteiger partial charge in [-0.25, -0.2) is 0 Å². The number of hydrogen-bond donors (Lipinski definition) is 1. The second-order valence-corrected chi connectivity index (χ2v) is 6.53. The minimum atomic E-state index is 0.413. The first kappa shape index (κ1) is 13.8. The van der Waals surface area contributed by atoms with Crippen LogP contribution in [0.15, 0.2) is 35.7 Å². The Morgan fingerprint density at radius 3 is 2.55 bits per heavy atom. The molecule has 2 aromatic rings. The van der Waals surface area contributed by atoms with E-state index in [-0.39, 0.29) is 0 Å². The maximum absolute atomic E-state index is 3.45. The number of rotatable bonds is 3. The molecule has 0 aliphatic carbocycles. The third kappa shape index (κ3) is 2.80. The molecule has 1 aromatic heterocycles. The summed E-state index contributed by atoms with van der Waals surface area (Å²) in [5.41, 5.74) is 4.19. The molecule has 3 rings (SSSR count). The Labute approximate surface area is 125 Å². The highest BCUT2D eigenvalue weighted by Crippen LogP contribution is 2.32. The van der Waals surface area contributed by atoms with Gasteiger partial charge >= 0.3 is 0 Å². The lowest BCUT2D eigenvalue weighted by molar-refractivity contribution is 0.200. The summed E-state index contributed by atoms with van der Waals surface area (Å²) >= 11 is 1.87. The highest BCUT2D eigenvalue weighted by molar-refractivity contribution is 7.10. The first-order valence-corrected chi connectivity index (χ1v) is 8.19. The van der Waals surface area contributed by atoms with Gasteiger partial charge in [-0.1, -0.05) is 24.3 Å². The van der Waals surface area contributed by atoms with Crippen molar-refractivity contribution in [2.75, 3.05) is 26.2 Å². The Balaban J connectivity index is 1.98. The van der Waals surface area contributed by atoms with E-state index in [1.54, 1.807) is 0 Å². The summed E-state index contributed by atoms with van der Waals surface area (Å²) in [7, 11) is 0. The summed E-state index contributed by atoms with van der Waals surface area (Å²) in [6.45, 7) is 8.82. The fourth-order valence-corrected chi connectivity index (χ4v) is 3.76. The number of nitrogens with zero attached hydrogens (tertiary/aromatic N) is 1. The van der Waals surface area contributed by atoms with Gasteiger partial charge in [0.15, 0.2) is 0 Å². The summed E-state index contributed by atoms with van der Waals surface area (Å²) < 4.78 is 0. The molecule has 0 spiro atoms. The van der Waals surface area contributed by atoms with Crippen LogP contribution in [-0.2, 0) is 0 Å². The minimum absolute atomic E-state index is 0.413. The van der Waals surface area contributed by atoms with Crippen LogP contribution in [0.5, 0.6) is 0 Å². The molecule has 1 atom stereocenters. The number of thiophene rings is 1. The van der Waals surface area contributed by atoms with Gasteiger partial charge in [0.1, 0.15) is 0 Å². The first-order valence-electron chi connectivity index (χ1n) is 7.31. The third-order valence-electron chi connectivity index (χ3n) is 4.18. The van der Waals surface area contributed by atoms with Gasteiger partial charge < -0.3 is 5.32 Å². The molecule has 2 heterocycles. The maximum atomic E-state index is 3.45. The largest absolute Gasteiger partial charge is 0.314 e. The zero-order chi connectivity index (χ0) is 13.9. The lowest BCUT2D eigenvalue weighted by Crippen LogP contribution is -2.45. The minimum Gasteiger partial charge on any atom is -0.314 e. The lowest BCUT2D eigenvalue weighted by Gasteiger charge is -2.35. The van der Waals surface area contributed by atoms with Crippen LogP contribution in [0.1, 0.15) is 27.6 Å². The third-order valence-corrected chi connectivity index (χ3v) is 5.10. The molecule has 1 fully saturated rings. The quantitative estimate of drug-likeness (QED) is 0.931. The number of nitrogens with one attached hydrogen (secondary N) is 1. The highest BCUT2D eigenvalue weighted by Gasteiger charge is 2.24. The summed E-state index contributed by atoms with van der Waals surface area (Å²) in [5, 5.41) is 5.63. The van der Waals surface area contributed by atoms with Crippen LogP contribution in [0.25, 0.3) is 0 Å². The Morgan fingerprint density at radius 2 is 1.90 bits per heavy atom. The molecule has 1 aliphatic heterocycles. The van der Waals surface area contributed by atoms with E-state index in [1.807, 2.05) is 11.3 Å². The molecule has 0 bridgehead atoms. The molecule has 3 heteroatoms. The average molecular weight is 286 g/mol. The summed E-state index contributed by atoms with van der Waals surface area (Å²) in [5.74, 6) is 0. The van der Waals surface area contributed by atoms with E-state index < -0.39 is 0 Å². The van der Waals surface area contributed by atoms with E-state index in [0.717, 1.165) is 26.2 Å².